The van der Waals surface area contributed by atoms with Crippen LogP contribution in [0.4, 0.5) is 0 Å². The standard InChI is InChI=1S/C14H27N/c1-10(2)8-15-9-14-12(4)6-11(3)7-13(14)5/h6,10,12-15H,7-9H2,1-5H3/t12-,13-,14-/m0/s1. The van der Waals surface area contributed by atoms with E-state index in [1.165, 1.54) is 13.0 Å². The minimum Gasteiger partial charge on any atom is -0.316 e. The molecule has 0 fully saturated rings. The molecule has 0 amide bonds. The minimum atomic E-state index is 0.744. The topological polar surface area (TPSA) is 12.0 Å². The van der Waals surface area contributed by atoms with E-state index in [2.05, 4.69) is 46.0 Å². The summed E-state index contributed by atoms with van der Waals surface area (Å²) in [5.74, 6) is 3.17. The molecule has 88 valence electrons. The summed E-state index contributed by atoms with van der Waals surface area (Å²) in [5.41, 5.74) is 1.58. The largest absolute Gasteiger partial charge is 0.316 e. The summed E-state index contributed by atoms with van der Waals surface area (Å²) in [4.78, 5) is 0. The Balaban J connectivity index is 2.40. The van der Waals surface area contributed by atoms with Crippen LogP contribution >= 0.6 is 0 Å². The Hall–Kier alpha value is -0.300. The minimum absolute atomic E-state index is 0.744. The van der Waals surface area contributed by atoms with Crippen molar-refractivity contribution in [3.63, 3.8) is 0 Å². The van der Waals surface area contributed by atoms with Crippen LogP contribution in [0.5, 0.6) is 0 Å². The SMILES string of the molecule is CC1=C[C@H](C)[C@H](CNCC(C)C)[C@@H](C)C1. The van der Waals surface area contributed by atoms with Gasteiger partial charge in [0.05, 0.1) is 0 Å². The lowest BCUT2D eigenvalue weighted by Gasteiger charge is -2.33. The second-order valence-corrected chi connectivity index (χ2v) is 5.77. The molecule has 0 aromatic heterocycles. The van der Waals surface area contributed by atoms with Crippen molar-refractivity contribution in [1.82, 2.24) is 5.32 Å². The molecule has 0 saturated carbocycles. The molecule has 1 nitrogen and oxygen atoms in total. The third-order valence-corrected chi connectivity index (χ3v) is 3.53. The van der Waals surface area contributed by atoms with Gasteiger partial charge in [-0.15, -0.1) is 0 Å². The summed E-state index contributed by atoms with van der Waals surface area (Å²) in [5, 5.41) is 3.60. The third-order valence-electron chi connectivity index (χ3n) is 3.53. The molecule has 0 aliphatic heterocycles. The van der Waals surface area contributed by atoms with Gasteiger partial charge in [0.2, 0.25) is 0 Å². The number of hydrogen-bond acceptors (Lipinski definition) is 1. The van der Waals surface area contributed by atoms with E-state index < -0.39 is 0 Å². The predicted octanol–water partition coefficient (Wildman–Crippen LogP) is 3.47. The van der Waals surface area contributed by atoms with E-state index in [1.807, 2.05) is 0 Å². The van der Waals surface area contributed by atoms with E-state index in [1.54, 1.807) is 5.57 Å². The Morgan fingerprint density at radius 1 is 1.40 bits per heavy atom. The fourth-order valence-corrected chi connectivity index (χ4v) is 2.74. The highest BCUT2D eigenvalue weighted by Gasteiger charge is 2.25. The van der Waals surface area contributed by atoms with Gasteiger partial charge in [0, 0.05) is 0 Å². The van der Waals surface area contributed by atoms with Gasteiger partial charge in [-0.2, -0.15) is 0 Å². The molecule has 0 saturated heterocycles. The van der Waals surface area contributed by atoms with E-state index in [0.717, 1.165) is 30.2 Å². The van der Waals surface area contributed by atoms with Crippen molar-refractivity contribution in [1.29, 1.82) is 0 Å². The fourth-order valence-electron chi connectivity index (χ4n) is 2.74. The van der Waals surface area contributed by atoms with Crippen molar-refractivity contribution in [3.8, 4) is 0 Å². The summed E-state index contributed by atoms with van der Waals surface area (Å²) in [6.07, 6.45) is 3.75. The predicted molar refractivity (Wildman–Crippen MR) is 67.9 cm³/mol. The second-order valence-electron chi connectivity index (χ2n) is 5.77. The lowest BCUT2D eigenvalue weighted by atomic mass is 9.75. The number of hydrogen-bond donors (Lipinski definition) is 1. The van der Waals surface area contributed by atoms with Crippen LogP contribution in [-0.4, -0.2) is 13.1 Å². The first-order chi connectivity index (χ1) is 7.00. The summed E-state index contributed by atoms with van der Waals surface area (Å²) in [6, 6.07) is 0. The van der Waals surface area contributed by atoms with Crippen molar-refractivity contribution < 1.29 is 0 Å². The Kier molecular flexibility index (Phi) is 4.85. The molecule has 1 N–H and O–H groups in total. The summed E-state index contributed by atoms with van der Waals surface area (Å²) < 4.78 is 0. The average molecular weight is 209 g/mol. The molecule has 0 radical (unpaired) electrons. The van der Waals surface area contributed by atoms with Gasteiger partial charge in [-0.1, -0.05) is 39.3 Å². The van der Waals surface area contributed by atoms with Gasteiger partial charge < -0.3 is 5.32 Å². The molecule has 3 atom stereocenters. The molecule has 1 aliphatic carbocycles. The van der Waals surface area contributed by atoms with Gasteiger partial charge >= 0.3 is 0 Å². The Morgan fingerprint density at radius 2 is 2.07 bits per heavy atom. The first kappa shape index (κ1) is 12.8. The molecule has 0 unspecified atom stereocenters. The highest BCUT2D eigenvalue weighted by atomic mass is 14.9. The third kappa shape index (κ3) is 3.98. The van der Waals surface area contributed by atoms with Crippen LogP contribution < -0.4 is 5.32 Å². The molecule has 0 aromatic carbocycles. The zero-order chi connectivity index (χ0) is 11.4. The summed E-state index contributed by atoms with van der Waals surface area (Å²) in [7, 11) is 0. The van der Waals surface area contributed by atoms with Gasteiger partial charge in [0.1, 0.15) is 0 Å². The van der Waals surface area contributed by atoms with E-state index in [-0.39, 0.29) is 0 Å². The van der Waals surface area contributed by atoms with Crippen molar-refractivity contribution in [2.75, 3.05) is 13.1 Å². The molecule has 1 rings (SSSR count). The summed E-state index contributed by atoms with van der Waals surface area (Å²) >= 11 is 0. The maximum absolute atomic E-state index is 3.60. The van der Waals surface area contributed by atoms with E-state index in [9.17, 15) is 0 Å². The number of nitrogens with one attached hydrogen (secondary N) is 1. The van der Waals surface area contributed by atoms with Crippen molar-refractivity contribution in [2.45, 2.75) is 41.0 Å². The first-order valence-corrected chi connectivity index (χ1v) is 6.38. The number of allylic oxidation sites excluding steroid dienone is 2. The highest BCUT2D eigenvalue weighted by Crippen LogP contribution is 2.32. The average Bonchev–Trinajstić information content (AvgIpc) is 2.08. The molecular weight excluding hydrogens is 182 g/mol. The molecule has 0 heterocycles. The van der Waals surface area contributed by atoms with Gasteiger partial charge in [-0.3, -0.25) is 0 Å². The molecule has 15 heavy (non-hydrogen) atoms. The van der Waals surface area contributed by atoms with Crippen LogP contribution in [0.25, 0.3) is 0 Å². The van der Waals surface area contributed by atoms with E-state index in [4.69, 9.17) is 0 Å². The highest BCUT2D eigenvalue weighted by molar-refractivity contribution is 5.08. The van der Waals surface area contributed by atoms with Gasteiger partial charge in [0.15, 0.2) is 0 Å². The zero-order valence-electron chi connectivity index (χ0n) is 11.0. The van der Waals surface area contributed by atoms with Crippen LogP contribution in [0.15, 0.2) is 11.6 Å². The smallest absolute Gasteiger partial charge is 0.00122 e. The Morgan fingerprint density at radius 3 is 2.60 bits per heavy atom. The maximum atomic E-state index is 3.60. The first-order valence-electron chi connectivity index (χ1n) is 6.38. The normalized spacial score (nSPS) is 31.9. The van der Waals surface area contributed by atoms with E-state index in [0.29, 0.717) is 0 Å². The van der Waals surface area contributed by atoms with Crippen molar-refractivity contribution >= 4 is 0 Å². The van der Waals surface area contributed by atoms with Crippen molar-refractivity contribution in [3.05, 3.63) is 11.6 Å². The summed E-state index contributed by atoms with van der Waals surface area (Å²) in [6.45, 7) is 13.9. The molecule has 1 heteroatoms. The van der Waals surface area contributed by atoms with Crippen LogP contribution in [0.2, 0.25) is 0 Å². The zero-order valence-corrected chi connectivity index (χ0v) is 11.0. The van der Waals surface area contributed by atoms with Crippen LogP contribution in [0.3, 0.4) is 0 Å². The molecule has 1 aliphatic rings. The van der Waals surface area contributed by atoms with Gasteiger partial charge in [-0.05, 0) is 50.1 Å². The monoisotopic (exact) mass is 209 g/mol. The lowest BCUT2D eigenvalue weighted by molar-refractivity contribution is 0.258. The molecular formula is C14H27N. The van der Waals surface area contributed by atoms with Crippen LogP contribution in [0.1, 0.15) is 41.0 Å². The Bertz CT molecular complexity index is 217. The lowest BCUT2D eigenvalue weighted by Crippen LogP contribution is -2.34. The fraction of sp³-hybridized carbons (Fsp3) is 0.857. The van der Waals surface area contributed by atoms with Gasteiger partial charge in [-0.25, -0.2) is 0 Å². The van der Waals surface area contributed by atoms with E-state index >= 15 is 0 Å². The molecule has 0 aromatic rings. The molecule has 0 bridgehead atoms. The second kappa shape index (κ2) is 5.69. The van der Waals surface area contributed by atoms with Crippen molar-refractivity contribution in [2.24, 2.45) is 23.7 Å². The maximum Gasteiger partial charge on any atom is -0.00122 e. The quantitative estimate of drug-likeness (QED) is 0.699. The van der Waals surface area contributed by atoms with Crippen LogP contribution in [0, 0.1) is 23.7 Å². The Labute approximate surface area is 95.3 Å². The molecule has 0 spiro atoms. The van der Waals surface area contributed by atoms with Crippen LogP contribution in [-0.2, 0) is 0 Å². The number of rotatable bonds is 4. The van der Waals surface area contributed by atoms with Gasteiger partial charge in [0.25, 0.3) is 0 Å².